The molecule has 0 radical (unpaired) electrons. The van der Waals surface area contributed by atoms with Crippen LogP contribution in [0.1, 0.15) is 31.2 Å². The predicted octanol–water partition coefficient (Wildman–Crippen LogP) is 2.17. The normalized spacial score (nSPS) is 21.3. The smallest absolute Gasteiger partial charge is 0.230 e. The molecule has 1 aliphatic carbocycles. The summed E-state index contributed by atoms with van der Waals surface area (Å²) in [7, 11) is 0. The highest BCUT2D eigenvalue weighted by Crippen LogP contribution is 2.41. The lowest BCUT2D eigenvalue weighted by Gasteiger charge is -2.30. The van der Waals surface area contributed by atoms with Gasteiger partial charge in [0.05, 0.1) is 5.41 Å². The molecule has 1 aromatic carbocycles. The number of piperazine rings is 1. The van der Waals surface area contributed by atoms with E-state index in [9.17, 15) is 4.79 Å². The van der Waals surface area contributed by atoms with E-state index in [1.54, 1.807) is 0 Å². The lowest BCUT2D eigenvalue weighted by molar-refractivity contribution is -0.126. The van der Waals surface area contributed by atoms with E-state index in [1.165, 1.54) is 0 Å². The summed E-state index contributed by atoms with van der Waals surface area (Å²) in [5.41, 5.74) is 0.757. The highest BCUT2D eigenvalue weighted by atomic mass is 35.5. The van der Waals surface area contributed by atoms with E-state index in [0.717, 1.165) is 75.5 Å². The Morgan fingerprint density at radius 1 is 1.17 bits per heavy atom. The van der Waals surface area contributed by atoms with Crippen molar-refractivity contribution in [2.75, 3.05) is 39.3 Å². The standard InChI is InChI=1S/C18H26ClN3O/c19-16-5-3-15(4-6-16)18(7-1-2-8-18)17(23)21-11-14-22-12-9-20-10-13-22/h3-6,20H,1-2,7-14H2,(H,21,23). The molecule has 1 saturated carbocycles. The van der Waals surface area contributed by atoms with Crippen molar-refractivity contribution in [1.29, 1.82) is 0 Å². The Labute approximate surface area is 143 Å². The number of amides is 1. The predicted molar refractivity (Wildman–Crippen MR) is 93.9 cm³/mol. The van der Waals surface area contributed by atoms with E-state index in [0.29, 0.717) is 0 Å². The van der Waals surface area contributed by atoms with Crippen LogP contribution in [0.3, 0.4) is 0 Å². The molecule has 1 aliphatic heterocycles. The summed E-state index contributed by atoms with van der Waals surface area (Å²) >= 11 is 6.00. The molecule has 1 aromatic rings. The lowest BCUT2D eigenvalue weighted by atomic mass is 9.78. The van der Waals surface area contributed by atoms with E-state index in [2.05, 4.69) is 15.5 Å². The fourth-order valence-electron chi connectivity index (χ4n) is 3.83. The molecule has 0 spiro atoms. The zero-order chi connectivity index (χ0) is 16.1. The Kier molecular flexibility index (Phi) is 5.57. The van der Waals surface area contributed by atoms with Crippen molar-refractivity contribution < 1.29 is 4.79 Å². The van der Waals surface area contributed by atoms with Gasteiger partial charge in [-0.1, -0.05) is 36.6 Å². The van der Waals surface area contributed by atoms with Gasteiger partial charge in [-0.3, -0.25) is 9.69 Å². The fourth-order valence-corrected chi connectivity index (χ4v) is 3.95. The third-order valence-electron chi connectivity index (χ3n) is 5.21. The van der Waals surface area contributed by atoms with Crippen LogP contribution in [0.25, 0.3) is 0 Å². The molecule has 3 rings (SSSR count). The highest BCUT2D eigenvalue weighted by Gasteiger charge is 2.42. The monoisotopic (exact) mass is 335 g/mol. The first kappa shape index (κ1) is 16.7. The zero-order valence-corrected chi connectivity index (χ0v) is 14.4. The number of carbonyl (C=O) groups is 1. The second-order valence-corrected chi connectivity index (χ2v) is 7.08. The first-order valence-electron chi connectivity index (χ1n) is 8.68. The molecule has 2 N–H and O–H groups in total. The first-order valence-corrected chi connectivity index (χ1v) is 9.06. The van der Waals surface area contributed by atoms with Crippen LogP contribution >= 0.6 is 11.6 Å². The van der Waals surface area contributed by atoms with E-state index in [1.807, 2.05) is 24.3 Å². The highest BCUT2D eigenvalue weighted by molar-refractivity contribution is 6.30. The van der Waals surface area contributed by atoms with Crippen LogP contribution in [0.15, 0.2) is 24.3 Å². The van der Waals surface area contributed by atoms with Gasteiger partial charge in [-0.2, -0.15) is 0 Å². The minimum absolute atomic E-state index is 0.187. The summed E-state index contributed by atoms with van der Waals surface area (Å²) in [6.45, 7) is 5.89. The molecule has 0 bridgehead atoms. The van der Waals surface area contributed by atoms with Crippen molar-refractivity contribution in [3.05, 3.63) is 34.9 Å². The van der Waals surface area contributed by atoms with Gasteiger partial charge in [0.25, 0.3) is 0 Å². The van der Waals surface area contributed by atoms with Crippen molar-refractivity contribution in [2.45, 2.75) is 31.1 Å². The average Bonchev–Trinajstić information content (AvgIpc) is 3.07. The van der Waals surface area contributed by atoms with Crippen molar-refractivity contribution in [2.24, 2.45) is 0 Å². The molecule has 23 heavy (non-hydrogen) atoms. The van der Waals surface area contributed by atoms with E-state index >= 15 is 0 Å². The Hall–Kier alpha value is -1.10. The maximum absolute atomic E-state index is 12.9. The van der Waals surface area contributed by atoms with Gasteiger partial charge in [0.2, 0.25) is 5.91 Å². The average molecular weight is 336 g/mol. The van der Waals surface area contributed by atoms with Crippen LogP contribution in [0.2, 0.25) is 5.02 Å². The van der Waals surface area contributed by atoms with Crippen molar-refractivity contribution in [1.82, 2.24) is 15.5 Å². The van der Waals surface area contributed by atoms with E-state index < -0.39 is 0 Å². The van der Waals surface area contributed by atoms with E-state index in [4.69, 9.17) is 11.6 Å². The van der Waals surface area contributed by atoms with Crippen LogP contribution in [0, 0.1) is 0 Å². The largest absolute Gasteiger partial charge is 0.354 e. The Balaban J connectivity index is 1.61. The molecule has 1 amide bonds. The van der Waals surface area contributed by atoms with Crippen molar-refractivity contribution >= 4 is 17.5 Å². The minimum Gasteiger partial charge on any atom is -0.354 e. The topological polar surface area (TPSA) is 44.4 Å². The molecule has 5 heteroatoms. The third kappa shape index (κ3) is 3.87. The summed E-state index contributed by atoms with van der Waals surface area (Å²) < 4.78 is 0. The number of benzene rings is 1. The summed E-state index contributed by atoms with van der Waals surface area (Å²) in [5, 5.41) is 7.27. The molecule has 2 aliphatic rings. The van der Waals surface area contributed by atoms with Gasteiger partial charge in [0.15, 0.2) is 0 Å². The van der Waals surface area contributed by atoms with Gasteiger partial charge in [-0.15, -0.1) is 0 Å². The Morgan fingerprint density at radius 3 is 2.48 bits per heavy atom. The molecule has 1 saturated heterocycles. The first-order chi connectivity index (χ1) is 11.2. The van der Waals surface area contributed by atoms with Gasteiger partial charge < -0.3 is 10.6 Å². The van der Waals surface area contributed by atoms with E-state index in [-0.39, 0.29) is 11.3 Å². The van der Waals surface area contributed by atoms with Gasteiger partial charge in [-0.25, -0.2) is 0 Å². The fraction of sp³-hybridized carbons (Fsp3) is 0.611. The molecule has 4 nitrogen and oxygen atoms in total. The van der Waals surface area contributed by atoms with Crippen LogP contribution in [-0.2, 0) is 10.2 Å². The molecule has 0 aromatic heterocycles. The zero-order valence-electron chi connectivity index (χ0n) is 13.6. The number of carbonyl (C=O) groups excluding carboxylic acids is 1. The second kappa shape index (κ2) is 7.65. The lowest BCUT2D eigenvalue weighted by Crippen LogP contribution is -2.48. The quantitative estimate of drug-likeness (QED) is 0.867. The van der Waals surface area contributed by atoms with Gasteiger partial charge in [-0.05, 0) is 30.5 Å². The number of nitrogens with one attached hydrogen (secondary N) is 2. The van der Waals surface area contributed by atoms with Crippen molar-refractivity contribution in [3.8, 4) is 0 Å². The molecule has 126 valence electrons. The number of hydrogen-bond acceptors (Lipinski definition) is 3. The Bertz CT molecular complexity index is 520. The third-order valence-corrected chi connectivity index (χ3v) is 5.46. The molecule has 2 fully saturated rings. The molecular weight excluding hydrogens is 310 g/mol. The van der Waals surface area contributed by atoms with Gasteiger partial charge >= 0.3 is 0 Å². The minimum atomic E-state index is -0.353. The number of halogens is 1. The maximum atomic E-state index is 12.9. The summed E-state index contributed by atoms with van der Waals surface area (Å²) in [5.74, 6) is 0.187. The second-order valence-electron chi connectivity index (χ2n) is 6.64. The molecular formula is C18H26ClN3O. The Morgan fingerprint density at radius 2 is 1.83 bits per heavy atom. The van der Waals surface area contributed by atoms with Crippen LogP contribution in [-0.4, -0.2) is 50.1 Å². The SMILES string of the molecule is O=C(NCCN1CCNCC1)C1(c2ccc(Cl)cc2)CCCC1. The summed E-state index contributed by atoms with van der Waals surface area (Å²) in [6.07, 6.45) is 4.11. The summed E-state index contributed by atoms with van der Waals surface area (Å²) in [4.78, 5) is 15.3. The van der Waals surface area contributed by atoms with Crippen molar-refractivity contribution in [3.63, 3.8) is 0 Å². The molecule has 0 unspecified atom stereocenters. The molecule has 0 atom stereocenters. The number of hydrogen-bond donors (Lipinski definition) is 2. The molecule has 1 heterocycles. The number of nitrogens with zero attached hydrogens (tertiary/aromatic N) is 1. The van der Waals surface area contributed by atoms with Gasteiger partial charge in [0.1, 0.15) is 0 Å². The van der Waals surface area contributed by atoms with Crippen LogP contribution in [0.4, 0.5) is 0 Å². The van der Waals surface area contributed by atoms with Gasteiger partial charge in [0, 0.05) is 44.3 Å². The summed E-state index contributed by atoms with van der Waals surface area (Å²) in [6, 6.07) is 7.82. The maximum Gasteiger partial charge on any atom is 0.230 e. The van der Waals surface area contributed by atoms with Crippen LogP contribution < -0.4 is 10.6 Å². The van der Waals surface area contributed by atoms with Crippen LogP contribution in [0.5, 0.6) is 0 Å². The number of rotatable bonds is 5.